The van der Waals surface area contributed by atoms with E-state index in [1.807, 2.05) is 19.1 Å². The molecule has 0 heterocycles. The Labute approximate surface area is 123 Å². The number of rotatable bonds is 6. The van der Waals surface area contributed by atoms with Crippen molar-refractivity contribution in [2.75, 3.05) is 11.9 Å². The molecule has 3 N–H and O–H groups in total. The first-order valence-corrected chi connectivity index (χ1v) is 7.37. The monoisotopic (exact) mass is 360 g/mol. The van der Waals surface area contributed by atoms with Crippen LogP contribution in [-0.4, -0.2) is 12.5 Å². The molecular weight excluding hydrogens is 339 g/mol. The Bertz CT molecular complexity index is 407. The lowest BCUT2D eigenvalue weighted by Gasteiger charge is -2.11. The van der Waals surface area contributed by atoms with Crippen LogP contribution in [0.15, 0.2) is 18.2 Å². The number of nitrogens with one attached hydrogen (secondary N) is 1. The van der Waals surface area contributed by atoms with E-state index in [4.69, 9.17) is 5.73 Å². The zero-order valence-electron chi connectivity index (χ0n) is 11.0. The third-order valence-corrected chi connectivity index (χ3v) is 3.66. The molecule has 0 fully saturated rings. The summed E-state index contributed by atoms with van der Waals surface area (Å²) in [5, 5.41) is 2.96. The number of anilines is 1. The molecule has 3 nitrogen and oxygen atoms in total. The number of hydrogen-bond donors (Lipinski definition) is 2. The SMILES string of the molecule is Cc1cc(I)ccc1NC(=O)CCC(C)CCN. The van der Waals surface area contributed by atoms with Crippen LogP contribution >= 0.6 is 22.6 Å². The minimum absolute atomic E-state index is 0.0863. The first-order chi connectivity index (χ1) is 8.52. The van der Waals surface area contributed by atoms with Gasteiger partial charge in [-0.05, 0) is 78.6 Å². The van der Waals surface area contributed by atoms with Crippen molar-refractivity contribution >= 4 is 34.2 Å². The van der Waals surface area contributed by atoms with E-state index < -0.39 is 0 Å². The first kappa shape index (κ1) is 15.4. The smallest absolute Gasteiger partial charge is 0.224 e. The van der Waals surface area contributed by atoms with Crippen LogP contribution in [0.3, 0.4) is 0 Å². The van der Waals surface area contributed by atoms with Gasteiger partial charge in [0.2, 0.25) is 5.91 Å². The molecule has 1 aromatic carbocycles. The van der Waals surface area contributed by atoms with E-state index in [2.05, 4.69) is 40.9 Å². The van der Waals surface area contributed by atoms with Gasteiger partial charge in [0.05, 0.1) is 0 Å². The second-order valence-corrected chi connectivity index (χ2v) is 5.97. The number of hydrogen-bond acceptors (Lipinski definition) is 2. The summed E-state index contributed by atoms with van der Waals surface area (Å²) < 4.78 is 1.18. The fraction of sp³-hybridized carbons (Fsp3) is 0.500. The van der Waals surface area contributed by atoms with Gasteiger partial charge in [-0.25, -0.2) is 0 Å². The molecule has 1 aromatic rings. The van der Waals surface area contributed by atoms with Crippen LogP contribution < -0.4 is 11.1 Å². The summed E-state index contributed by atoms with van der Waals surface area (Å²) in [4.78, 5) is 11.8. The molecule has 0 aliphatic carbocycles. The predicted molar refractivity (Wildman–Crippen MR) is 84.6 cm³/mol. The Balaban J connectivity index is 2.44. The van der Waals surface area contributed by atoms with E-state index in [1.165, 1.54) is 3.57 Å². The lowest BCUT2D eigenvalue weighted by molar-refractivity contribution is -0.116. The topological polar surface area (TPSA) is 55.1 Å². The summed E-state index contributed by atoms with van der Waals surface area (Å²) in [7, 11) is 0. The second-order valence-electron chi connectivity index (χ2n) is 4.73. The highest BCUT2D eigenvalue weighted by molar-refractivity contribution is 14.1. The summed E-state index contributed by atoms with van der Waals surface area (Å²) in [6.07, 6.45) is 2.44. The van der Waals surface area contributed by atoms with Gasteiger partial charge in [-0.15, -0.1) is 0 Å². The molecule has 0 saturated heterocycles. The van der Waals surface area contributed by atoms with Crippen LogP contribution in [0.25, 0.3) is 0 Å². The predicted octanol–water partition coefficient (Wildman–Crippen LogP) is 3.30. The summed E-state index contributed by atoms with van der Waals surface area (Å²) in [5.74, 6) is 0.599. The molecule has 1 amide bonds. The Morgan fingerprint density at radius 3 is 2.78 bits per heavy atom. The summed E-state index contributed by atoms with van der Waals surface area (Å²) in [5.41, 5.74) is 7.50. The molecule has 0 aromatic heterocycles. The molecule has 4 heteroatoms. The van der Waals surface area contributed by atoms with E-state index in [9.17, 15) is 4.79 Å². The van der Waals surface area contributed by atoms with Gasteiger partial charge >= 0.3 is 0 Å². The standard InChI is InChI=1S/C14H21IN2O/c1-10(7-8-16)3-6-14(18)17-13-5-4-12(15)9-11(13)2/h4-5,9-10H,3,6-8,16H2,1-2H3,(H,17,18). The van der Waals surface area contributed by atoms with Gasteiger partial charge in [-0.2, -0.15) is 0 Å². The van der Waals surface area contributed by atoms with Crippen molar-refractivity contribution in [3.8, 4) is 0 Å². The lowest BCUT2D eigenvalue weighted by atomic mass is 10.0. The van der Waals surface area contributed by atoms with Crippen molar-refractivity contribution in [1.82, 2.24) is 0 Å². The van der Waals surface area contributed by atoms with Gasteiger partial charge in [-0.3, -0.25) is 4.79 Å². The maximum absolute atomic E-state index is 11.8. The zero-order valence-corrected chi connectivity index (χ0v) is 13.2. The highest BCUT2D eigenvalue weighted by Crippen LogP contribution is 2.18. The second kappa shape index (κ2) is 7.74. The maximum Gasteiger partial charge on any atom is 0.224 e. The summed E-state index contributed by atoms with van der Waals surface area (Å²) in [6, 6.07) is 6.02. The van der Waals surface area contributed by atoms with Crippen LogP contribution in [0.4, 0.5) is 5.69 Å². The molecule has 0 aliphatic rings. The summed E-state index contributed by atoms with van der Waals surface area (Å²) in [6.45, 7) is 4.84. The highest BCUT2D eigenvalue weighted by Gasteiger charge is 2.08. The van der Waals surface area contributed by atoms with Crippen LogP contribution in [0.5, 0.6) is 0 Å². The molecule has 0 aliphatic heterocycles. The van der Waals surface area contributed by atoms with Gasteiger partial charge in [0.15, 0.2) is 0 Å². The van der Waals surface area contributed by atoms with Crippen molar-refractivity contribution in [3.63, 3.8) is 0 Å². The number of amides is 1. The van der Waals surface area contributed by atoms with Gasteiger partial charge < -0.3 is 11.1 Å². The van der Waals surface area contributed by atoms with Gasteiger partial charge in [0, 0.05) is 15.7 Å². The molecular formula is C14H21IN2O. The number of halogens is 1. The molecule has 0 radical (unpaired) electrons. The highest BCUT2D eigenvalue weighted by atomic mass is 127. The van der Waals surface area contributed by atoms with Gasteiger partial charge in [0.25, 0.3) is 0 Å². The minimum Gasteiger partial charge on any atom is -0.330 e. The average molecular weight is 360 g/mol. The van der Waals surface area contributed by atoms with Crippen molar-refractivity contribution in [1.29, 1.82) is 0 Å². The number of aryl methyl sites for hydroxylation is 1. The third kappa shape index (κ3) is 5.35. The molecule has 0 saturated carbocycles. The normalized spacial score (nSPS) is 12.2. The van der Waals surface area contributed by atoms with Gasteiger partial charge in [0.1, 0.15) is 0 Å². The number of benzene rings is 1. The van der Waals surface area contributed by atoms with Crippen molar-refractivity contribution in [3.05, 3.63) is 27.3 Å². The first-order valence-electron chi connectivity index (χ1n) is 6.29. The average Bonchev–Trinajstić information content (AvgIpc) is 2.31. The van der Waals surface area contributed by atoms with Crippen molar-refractivity contribution in [2.45, 2.75) is 33.1 Å². The van der Waals surface area contributed by atoms with Crippen LogP contribution in [0.1, 0.15) is 31.7 Å². The molecule has 0 bridgehead atoms. The van der Waals surface area contributed by atoms with E-state index in [1.54, 1.807) is 0 Å². The molecule has 18 heavy (non-hydrogen) atoms. The Morgan fingerprint density at radius 2 is 2.17 bits per heavy atom. The minimum atomic E-state index is 0.0863. The van der Waals surface area contributed by atoms with Crippen LogP contribution in [-0.2, 0) is 4.79 Å². The quantitative estimate of drug-likeness (QED) is 0.765. The molecule has 1 atom stereocenters. The molecule has 100 valence electrons. The van der Waals surface area contributed by atoms with E-state index in [0.29, 0.717) is 18.9 Å². The number of carbonyl (C=O) groups excluding carboxylic acids is 1. The fourth-order valence-electron chi connectivity index (χ4n) is 1.79. The summed E-state index contributed by atoms with van der Waals surface area (Å²) >= 11 is 2.27. The maximum atomic E-state index is 11.8. The van der Waals surface area contributed by atoms with Crippen molar-refractivity contribution < 1.29 is 4.79 Å². The molecule has 1 unspecified atom stereocenters. The van der Waals surface area contributed by atoms with Gasteiger partial charge in [-0.1, -0.05) is 6.92 Å². The molecule has 0 spiro atoms. The largest absolute Gasteiger partial charge is 0.330 e. The Morgan fingerprint density at radius 1 is 1.44 bits per heavy atom. The number of nitrogens with two attached hydrogens (primary N) is 1. The van der Waals surface area contributed by atoms with E-state index in [-0.39, 0.29) is 5.91 Å². The zero-order chi connectivity index (χ0) is 13.5. The number of carbonyl (C=O) groups is 1. The van der Waals surface area contributed by atoms with Crippen LogP contribution in [0.2, 0.25) is 0 Å². The van der Waals surface area contributed by atoms with E-state index in [0.717, 1.165) is 24.1 Å². The Kier molecular flexibility index (Phi) is 6.63. The van der Waals surface area contributed by atoms with Crippen LogP contribution in [0, 0.1) is 16.4 Å². The Hall–Kier alpha value is -0.620. The fourth-order valence-corrected chi connectivity index (χ4v) is 2.43. The molecule has 1 rings (SSSR count). The van der Waals surface area contributed by atoms with Crippen molar-refractivity contribution in [2.24, 2.45) is 11.7 Å². The lowest BCUT2D eigenvalue weighted by Crippen LogP contribution is -2.14. The van der Waals surface area contributed by atoms with E-state index >= 15 is 0 Å². The third-order valence-electron chi connectivity index (χ3n) is 2.99.